The number of nitrogens with two attached hydrogens (primary N) is 1. The summed E-state index contributed by atoms with van der Waals surface area (Å²) in [6, 6.07) is 6.73. The van der Waals surface area contributed by atoms with Crippen molar-refractivity contribution in [2.75, 3.05) is 26.2 Å². The molecule has 4 N–H and O–H groups in total. The highest BCUT2D eigenvalue weighted by Gasteiger charge is 2.11. The summed E-state index contributed by atoms with van der Waals surface area (Å²) >= 11 is 0. The van der Waals surface area contributed by atoms with Gasteiger partial charge >= 0.3 is 0 Å². The van der Waals surface area contributed by atoms with E-state index in [1.54, 1.807) is 24.3 Å². The van der Waals surface area contributed by atoms with Crippen molar-refractivity contribution in [3.8, 4) is 5.75 Å². The average molecular weight is 265 g/mol. The summed E-state index contributed by atoms with van der Waals surface area (Å²) < 4.78 is 5.20. The van der Waals surface area contributed by atoms with Crippen LogP contribution in [0.1, 0.15) is 17.3 Å². The number of benzene rings is 1. The fraction of sp³-hybridized carbons (Fsp3) is 0.385. The summed E-state index contributed by atoms with van der Waals surface area (Å²) in [6.07, 6.45) is 0. The van der Waals surface area contributed by atoms with Crippen LogP contribution in [0.3, 0.4) is 0 Å². The quantitative estimate of drug-likeness (QED) is 0.572. The first-order valence-electron chi connectivity index (χ1n) is 6.14. The van der Waals surface area contributed by atoms with Crippen molar-refractivity contribution in [2.45, 2.75) is 6.92 Å². The summed E-state index contributed by atoms with van der Waals surface area (Å²) in [7, 11) is 0. The molecule has 0 aromatic heterocycles. The van der Waals surface area contributed by atoms with E-state index in [0.717, 1.165) is 6.54 Å². The van der Waals surface area contributed by atoms with Crippen molar-refractivity contribution in [1.29, 1.82) is 0 Å². The number of ether oxygens (including phenoxy) is 1. The molecule has 104 valence electrons. The van der Waals surface area contributed by atoms with Crippen LogP contribution < -0.4 is 21.1 Å². The first kappa shape index (κ1) is 15.0. The van der Waals surface area contributed by atoms with E-state index in [4.69, 9.17) is 10.5 Å². The molecule has 1 aromatic carbocycles. The van der Waals surface area contributed by atoms with E-state index < -0.39 is 5.91 Å². The molecule has 1 rings (SSSR count). The van der Waals surface area contributed by atoms with Crippen LogP contribution in [0.2, 0.25) is 0 Å². The molecule has 0 unspecified atom stereocenters. The molecular weight excluding hydrogens is 246 g/mol. The van der Waals surface area contributed by atoms with Crippen molar-refractivity contribution in [1.82, 2.24) is 10.6 Å². The van der Waals surface area contributed by atoms with E-state index in [0.29, 0.717) is 24.4 Å². The Kier molecular flexibility index (Phi) is 6.38. The fourth-order valence-electron chi connectivity index (χ4n) is 1.47. The average Bonchev–Trinajstić information content (AvgIpc) is 2.41. The van der Waals surface area contributed by atoms with Crippen LogP contribution in [0.25, 0.3) is 0 Å². The second-order valence-corrected chi connectivity index (χ2v) is 3.86. The van der Waals surface area contributed by atoms with Crippen LogP contribution >= 0.6 is 0 Å². The Morgan fingerprint density at radius 1 is 1.26 bits per heavy atom. The van der Waals surface area contributed by atoms with E-state index in [9.17, 15) is 9.59 Å². The topological polar surface area (TPSA) is 93.4 Å². The number of hydrogen-bond acceptors (Lipinski definition) is 4. The lowest BCUT2D eigenvalue weighted by molar-refractivity contribution is -0.119. The molecule has 0 radical (unpaired) electrons. The Morgan fingerprint density at radius 3 is 2.68 bits per heavy atom. The second-order valence-electron chi connectivity index (χ2n) is 3.86. The SMILES string of the molecule is CCNCCNC(=O)c1ccccc1OCC(N)=O. The first-order chi connectivity index (χ1) is 9.15. The van der Waals surface area contributed by atoms with E-state index >= 15 is 0 Å². The largest absolute Gasteiger partial charge is 0.483 e. The summed E-state index contributed by atoms with van der Waals surface area (Å²) in [5, 5.41) is 5.87. The lowest BCUT2D eigenvalue weighted by Gasteiger charge is -2.10. The lowest BCUT2D eigenvalue weighted by atomic mass is 10.2. The Bertz CT molecular complexity index is 435. The number of para-hydroxylation sites is 1. The zero-order valence-electron chi connectivity index (χ0n) is 10.9. The molecule has 0 bridgehead atoms. The van der Waals surface area contributed by atoms with Gasteiger partial charge in [-0.25, -0.2) is 0 Å². The van der Waals surface area contributed by atoms with Crippen LogP contribution in [0, 0.1) is 0 Å². The molecule has 0 spiro atoms. The van der Waals surface area contributed by atoms with Gasteiger partial charge in [0.1, 0.15) is 5.75 Å². The minimum Gasteiger partial charge on any atom is -0.483 e. The van der Waals surface area contributed by atoms with Crippen molar-refractivity contribution in [3.63, 3.8) is 0 Å². The number of nitrogens with one attached hydrogen (secondary N) is 2. The van der Waals surface area contributed by atoms with Crippen molar-refractivity contribution in [2.24, 2.45) is 5.73 Å². The summed E-state index contributed by atoms with van der Waals surface area (Å²) in [5.41, 5.74) is 5.40. The molecule has 0 aliphatic carbocycles. The molecule has 0 heterocycles. The zero-order chi connectivity index (χ0) is 14.1. The first-order valence-corrected chi connectivity index (χ1v) is 6.14. The van der Waals surface area contributed by atoms with Gasteiger partial charge in [0.15, 0.2) is 6.61 Å². The molecule has 6 nitrogen and oxygen atoms in total. The summed E-state index contributed by atoms with van der Waals surface area (Å²) in [4.78, 5) is 22.6. The predicted octanol–water partition coefficient (Wildman–Crippen LogP) is -0.110. The van der Waals surface area contributed by atoms with Crippen LogP contribution in [-0.2, 0) is 4.79 Å². The van der Waals surface area contributed by atoms with Gasteiger partial charge in [-0.1, -0.05) is 19.1 Å². The van der Waals surface area contributed by atoms with Crippen molar-refractivity contribution in [3.05, 3.63) is 29.8 Å². The highest BCUT2D eigenvalue weighted by Crippen LogP contribution is 2.17. The molecule has 0 saturated carbocycles. The van der Waals surface area contributed by atoms with Gasteiger partial charge in [-0.15, -0.1) is 0 Å². The van der Waals surface area contributed by atoms with Gasteiger partial charge in [-0.3, -0.25) is 9.59 Å². The van der Waals surface area contributed by atoms with Gasteiger partial charge in [-0.2, -0.15) is 0 Å². The van der Waals surface area contributed by atoms with Crippen molar-refractivity contribution >= 4 is 11.8 Å². The fourth-order valence-corrected chi connectivity index (χ4v) is 1.47. The van der Waals surface area contributed by atoms with Crippen molar-refractivity contribution < 1.29 is 14.3 Å². The number of carbonyl (C=O) groups is 2. The van der Waals surface area contributed by atoms with E-state index in [1.165, 1.54) is 0 Å². The third kappa shape index (κ3) is 5.39. The Morgan fingerprint density at radius 2 is 2.00 bits per heavy atom. The van der Waals surface area contributed by atoms with E-state index in [1.807, 2.05) is 6.92 Å². The van der Waals surface area contributed by atoms with Crippen LogP contribution in [-0.4, -0.2) is 38.1 Å². The number of likely N-dealkylation sites (N-methyl/N-ethyl adjacent to an activating group) is 1. The lowest BCUT2D eigenvalue weighted by Crippen LogP contribution is -2.32. The number of rotatable bonds is 8. The molecule has 2 amide bonds. The molecule has 19 heavy (non-hydrogen) atoms. The normalized spacial score (nSPS) is 9.95. The second kappa shape index (κ2) is 8.10. The molecule has 0 aliphatic rings. The van der Waals surface area contributed by atoms with Gasteiger partial charge in [0, 0.05) is 13.1 Å². The van der Waals surface area contributed by atoms with Crippen LogP contribution in [0.5, 0.6) is 5.75 Å². The third-order valence-electron chi connectivity index (χ3n) is 2.34. The number of primary amides is 1. The molecule has 0 atom stereocenters. The number of hydrogen-bond donors (Lipinski definition) is 3. The zero-order valence-corrected chi connectivity index (χ0v) is 10.9. The van der Waals surface area contributed by atoms with Crippen LogP contribution in [0.4, 0.5) is 0 Å². The maximum absolute atomic E-state index is 11.9. The Balaban J connectivity index is 2.60. The van der Waals surface area contributed by atoms with Crippen LogP contribution in [0.15, 0.2) is 24.3 Å². The maximum Gasteiger partial charge on any atom is 0.255 e. The highest BCUT2D eigenvalue weighted by molar-refractivity contribution is 5.97. The summed E-state index contributed by atoms with van der Waals surface area (Å²) in [5.74, 6) is -0.470. The van der Waals surface area contributed by atoms with Gasteiger partial charge in [0.25, 0.3) is 11.8 Å². The molecule has 0 fully saturated rings. The highest BCUT2D eigenvalue weighted by atomic mass is 16.5. The Labute approximate surface area is 112 Å². The van der Waals surface area contributed by atoms with E-state index in [-0.39, 0.29) is 12.5 Å². The number of carbonyl (C=O) groups excluding carboxylic acids is 2. The van der Waals surface area contributed by atoms with Gasteiger partial charge < -0.3 is 21.1 Å². The number of amides is 2. The van der Waals surface area contributed by atoms with Gasteiger partial charge in [0.05, 0.1) is 5.56 Å². The third-order valence-corrected chi connectivity index (χ3v) is 2.34. The molecular formula is C13H19N3O3. The minimum absolute atomic E-state index is 0.238. The maximum atomic E-state index is 11.9. The monoisotopic (exact) mass is 265 g/mol. The molecule has 6 heteroatoms. The summed E-state index contributed by atoms with van der Waals surface area (Å²) in [6.45, 7) is 3.83. The van der Waals surface area contributed by atoms with Gasteiger partial charge in [-0.05, 0) is 18.7 Å². The minimum atomic E-state index is -0.581. The van der Waals surface area contributed by atoms with E-state index in [2.05, 4.69) is 10.6 Å². The van der Waals surface area contributed by atoms with Gasteiger partial charge in [0.2, 0.25) is 0 Å². The molecule has 1 aromatic rings. The predicted molar refractivity (Wildman–Crippen MR) is 72.0 cm³/mol. The standard InChI is InChI=1S/C13H19N3O3/c1-2-15-7-8-16-13(18)10-5-3-4-6-11(10)19-9-12(14)17/h3-6,15H,2,7-9H2,1H3,(H2,14,17)(H,16,18). The smallest absolute Gasteiger partial charge is 0.255 e. The Hall–Kier alpha value is -2.08. The molecule has 0 aliphatic heterocycles. The molecule has 0 saturated heterocycles.